The maximum absolute atomic E-state index is 5.54. The first-order valence-electron chi connectivity index (χ1n) is 5.34. The van der Waals surface area contributed by atoms with E-state index in [4.69, 9.17) is 5.73 Å². The van der Waals surface area contributed by atoms with Crippen LogP contribution in [0.25, 0.3) is 0 Å². The summed E-state index contributed by atoms with van der Waals surface area (Å²) < 4.78 is 0. The van der Waals surface area contributed by atoms with Crippen molar-refractivity contribution in [3.63, 3.8) is 0 Å². The van der Waals surface area contributed by atoms with E-state index in [0.717, 1.165) is 17.9 Å². The standard InChI is InChI=1S/C13H15N3/c1-10-2-4-11(5-3-10)8-13-15-7-6-12(9-14)16-13/h2-7H,8-9,14H2,1H3. The molecule has 0 aliphatic carbocycles. The van der Waals surface area contributed by atoms with Gasteiger partial charge in [0.05, 0.1) is 5.69 Å². The van der Waals surface area contributed by atoms with E-state index in [-0.39, 0.29) is 0 Å². The molecule has 1 aromatic heterocycles. The summed E-state index contributed by atoms with van der Waals surface area (Å²) in [6.45, 7) is 2.54. The summed E-state index contributed by atoms with van der Waals surface area (Å²) in [5.41, 5.74) is 8.91. The number of aromatic nitrogens is 2. The summed E-state index contributed by atoms with van der Waals surface area (Å²) in [6.07, 6.45) is 2.52. The molecule has 2 rings (SSSR count). The quantitative estimate of drug-likeness (QED) is 0.846. The van der Waals surface area contributed by atoms with Crippen molar-refractivity contribution < 1.29 is 0 Å². The van der Waals surface area contributed by atoms with Crippen LogP contribution in [0.4, 0.5) is 0 Å². The Morgan fingerprint density at radius 2 is 1.88 bits per heavy atom. The zero-order valence-electron chi connectivity index (χ0n) is 9.35. The fraction of sp³-hybridized carbons (Fsp3) is 0.231. The van der Waals surface area contributed by atoms with Gasteiger partial charge in [-0.1, -0.05) is 29.8 Å². The van der Waals surface area contributed by atoms with Gasteiger partial charge in [0.2, 0.25) is 0 Å². The molecule has 0 aliphatic heterocycles. The Morgan fingerprint density at radius 1 is 1.12 bits per heavy atom. The van der Waals surface area contributed by atoms with E-state index in [0.29, 0.717) is 6.54 Å². The van der Waals surface area contributed by atoms with Crippen molar-refractivity contribution in [1.82, 2.24) is 9.97 Å². The maximum Gasteiger partial charge on any atom is 0.132 e. The molecule has 3 heteroatoms. The van der Waals surface area contributed by atoms with Gasteiger partial charge in [-0.25, -0.2) is 9.97 Å². The Kier molecular flexibility index (Phi) is 3.27. The maximum atomic E-state index is 5.54. The minimum absolute atomic E-state index is 0.462. The largest absolute Gasteiger partial charge is 0.325 e. The van der Waals surface area contributed by atoms with Crippen LogP contribution in [-0.2, 0) is 13.0 Å². The highest BCUT2D eigenvalue weighted by Gasteiger charge is 2.00. The van der Waals surface area contributed by atoms with Crippen LogP contribution in [0.5, 0.6) is 0 Å². The van der Waals surface area contributed by atoms with E-state index in [9.17, 15) is 0 Å². The minimum atomic E-state index is 0.462. The zero-order chi connectivity index (χ0) is 11.4. The monoisotopic (exact) mass is 213 g/mol. The molecule has 3 nitrogen and oxygen atoms in total. The molecule has 1 aromatic carbocycles. The van der Waals surface area contributed by atoms with Gasteiger partial charge >= 0.3 is 0 Å². The van der Waals surface area contributed by atoms with Gasteiger partial charge in [-0.2, -0.15) is 0 Å². The van der Waals surface area contributed by atoms with Crippen molar-refractivity contribution in [1.29, 1.82) is 0 Å². The highest BCUT2D eigenvalue weighted by molar-refractivity contribution is 5.24. The number of hydrogen-bond acceptors (Lipinski definition) is 3. The second-order valence-corrected chi connectivity index (χ2v) is 3.83. The molecule has 1 heterocycles. The van der Waals surface area contributed by atoms with Crippen molar-refractivity contribution in [3.8, 4) is 0 Å². The van der Waals surface area contributed by atoms with Crippen LogP contribution < -0.4 is 5.73 Å². The van der Waals surface area contributed by atoms with Crippen molar-refractivity contribution in [3.05, 3.63) is 59.2 Å². The minimum Gasteiger partial charge on any atom is -0.325 e. The second-order valence-electron chi connectivity index (χ2n) is 3.83. The lowest BCUT2D eigenvalue weighted by Crippen LogP contribution is -2.04. The summed E-state index contributed by atoms with van der Waals surface area (Å²) in [5, 5.41) is 0. The average Bonchev–Trinajstić information content (AvgIpc) is 2.32. The molecule has 0 atom stereocenters. The van der Waals surface area contributed by atoms with Crippen LogP contribution >= 0.6 is 0 Å². The van der Waals surface area contributed by atoms with E-state index in [2.05, 4.69) is 41.2 Å². The number of aryl methyl sites for hydroxylation is 1. The normalized spacial score (nSPS) is 10.4. The summed E-state index contributed by atoms with van der Waals surface area (Å²) in [7, 11) is 0. The molecule has 0 aliphatic rings. The number of hydrogen-bond donors (Lipinski definition) is 1. The van der Waals surface area contributed by atoms with E-state index in [1.54, 1.807) is 6.20 Å². The average molecular weight is 213 g/mol. The van der Waals surface area contributed by atoms with Gasteiger partial charge in [0.15, 0.2) is 0 Å². The highest BCUT2D eigenvalue weighted by Crippen LogP contribution is 2.07. The molecule has 0 radical (unpaired) electrons. The van der Waals surface area contributed by atoms with Gasteiger partial charge < -0.3 is 5.73 Å². The third kappa shape index (κ3) is 2.64. The molecule has 0 fully saturated rings. The van der Waals surface area contributed by atoms with Gasteiger partial charge in [-0.3, -0.25) is 0 Å². The van der Waals surface area contributed by atoms with E-state index >= 15 is 0 Å². The van der Waals surface area contributed by atoms with E-state index in [1.807, 2.05) is 6.07 Å². The van der Waals surface area contributed by atoms with Crippen LogP contribution in [-0.4, -0.2) is 9.97 Å². The van der Waals surface area contributed by atoms with Crippen LogP contribution in [0.2, 0.25) is 0 Å². The summed E-state index contributed by atoms with van der Waals surface area (Å²) >= 11 is 0. The van der Waals surface area contributed by atoms with Crippen molar-refractivity contribution in [2.24, 2.45) is 5.73 Å². The fourth-order valence-electron chi connectivity index (χ4n) is 1.53. The van der Waals surface area contributed by atoms with Crippen molar-refractivity contribution >= 4 is 0 Å². The molecule has 2 N–H and O–H groups in total. The van der Waals surface area contributed by atoms with Crippen molar-refractivity contribution in [2.75, 3.05) is 0 Å². The third-order valence-electron chi connectivity index (χ3n) is 2.46. The predicted octanol–water partition coefficient (Wildman–Crippen LogP) is 1.83. The van der Waals surface area contributed by atoms with Gasteiger partial charge in [0.1, 0.15) is 5.82 Å². The fourth-order valence-corrected chi connectivity index (χ4v) is 1.53. The molecule has 16 heavy (non-hydrogen) atoms. The zero-order valence-corrected chi connectivity index (χ0v) is 9.35. The Balaban J connectivity index is 2.16. The topological polar surface area (TPSA) is 51.8 Å². The molecule has 0 saturated carbocycles. The number of nitrogens with zero attached hydrogens (tertiary/aromatic N) is 2. The van der Waals surface area contributed by atoms with Crippen LogP contribution in [0.1, 0.15) is 22.6 Å². The van der Waals surface area contributed by atoms with Crippen LogP contribution in [0, 0.1) is 6.92 Å². The molecule has 0 spiro atoms. The lowest BCUT2D eigenvalue weighted by molar-refractivity contribution is 0.891. The lowest BCUT2D eigenvalue weighted by Gasteiger charge is -2.02. The van der Waals surface area contributed by atoms with E-state index < -0.39 is 0 Å². The van der Waals surface area contributed by atoms with Gasteiger partial charge in [0, 0.05) is 19.2 Å². The lowest BCUT2D eigenvalue weighted by atomic mass is 10.1. The molecule has 0 bridgehead atoms. The molecule has 2 aromatic rings. The molecular weight excluding hydrogens is 198 g/mol. The molecule has 0 unspecified atom stereocenters. The van der Waals surface area contributed by atoms with Gasteiger partial charge in [0.25, 0.3) is 0 Å². The molecular formula is C13H15N3. The van der Waals surface area contributed by atoms with Gasteiger partial charge in [-0.05, 0) is 18.6 Å². The third-order valence-corrected chi connectivity index (χ3v) is 2.46. The predicted molar refractivity (Wildman–Crippen MR) is 63.9 cm³/mol. The van der Waals surface area contributed by atoms with Gasteiger partial charge in [-0.15, -0.1) is 0 Å². The van der Waals surface area contributed by atoms with Crippen molar-refractivity contribution in [2.45, 2.75) is 19.9 Å². The first kappa shape index (κ1) is 10.8. The number of benzene rings is 1. The van der Waals surface area contributed by atoms with Crippen LogP contribution in [0.3, 0.4) is 0 Å². The molecule has 0 amide bonds. The first-order chi connectivity index (χ1) is 7.78. The summed E-state index contributed by atoms with van der Waals surface area (Å²) in [5.74, 6) is 0.826. The Labute approximate surface area is 95.4 Å². The Bertz CT molecular complexity index is 463. The summed E-state index contributed by atoms with van der Waals surface area (Å²) in [6, 6.07) is 10.3. The summed E-state index contributed by atoms with van der Waals surface area (Å²) in [4.78, 5) is 8.61. The van der Waals surface area contributed by atoms with E-state index in [1.165, 1.54) is 11.1 Å². The smallest absolute Gasteiger partial charge is 0.132 e. The highest BCUT2D eigenvalue weighted by atomic mass is 14.9. The first-order valence-corrected chi connectivity index (χ1v) is 5.34. The SMILES string of the molecule is Cc1ccc(Cc2nccc(CN)n2)cc1. The Hall–Kier alpha value is -1.74. The molecule has 82 valence electrons. The number of nitrogens with two attached hydrogens (primary N) is 1. The Morgan fingerprint density at radius 3 is 2.56 bits per heavy atom. The number of rotatable bonds is 3. The van der Waals surface area contributed by atoms with Crippen LogP contribution in [0.15, 0.2) is 36.5 Å². The second kappa shape index (κ2) is 4.86. The molecule has 0 saturated heterocycles.